The van der Waals surface area contributed by atoms with Crippen LogP contribution in [0.3, 0.4) is 0 Å². The highest BCUT2D eigenvalue weighted by molar-refractivity contribution is 7.89. The summed E-state index contributed by atoms with van der Waals surface area (Å²) in [6.07, 6.45) is 5.02. The Morgan fingerprint density at radius 1 is 1.10 bits per heavy atom. The molecule has 3 rings (SSSR count). The summed E-state index contributed by atoms with van der Waals surface area (Å²) in [6, 6.07) is 13.3. The maximum absolute atomic E-state index is 13.0. The lowest BCUT2D eigenvalue weighted by atomic mass is 9.96. The predicted octanol–water partition coefficient (Wildman–Crippen LogP) is 4.29. The van der Waals surface area contributed by atoms with Crippen molar-refractivity contribution in [3.8, 4) is 5.75 Å². The Balaban J connectivity index is 1.74. The first kappa shape index (κ1) is 21.3. The number of carbonyl (C=O) groups excluding carboxylic acids is 1. The van der Waals surface area contributed by atoms with E-state index in [4.69, 9.17) is 4.74 Å². The normalized spacial score (nSPS) is 15.3. The molecule has 156 valence electrons. The zero-order chi connectivity index (χ0) is 20.9. The van der Waals surface area contributed by atoms with Gasteiger partial charge in [0.15, 0.2) is 0 Å². The minimum atomic E-state index is -3.64. The molecule has 0 aromatic heterocycles. The Morgan fingerprint density at radius 3 is 2.45 bits per heavy atom. The van der Waals surface area contributed by atoms with E-state index in [1.54, 1.807) is 49.5 Å². The van der Waals surface area contributed by atoms with Gasteiger partial charge in [-0.25, -0.2) is 8.42 Å². The first-order valence-electron chi connectivity index (χ1n) is 10.0. The van der Waals surface area contributed by atoms with E-state index in [-0.39, 0.29) is 16.8 Å². The van der Waals surface area contributed by atoms with E-state index in [0.717, 1.165) is 37.9 Å². The fourth-order valence-electron chi connectivity index (χ4n) is 3.61. The second-order valence-electron chi connectivity index (χ2n) is 7.25. The van der Waals surface area contributed by atoms with Crippen LogP contribution in [0, 0.1) is 0 Å². The van der Waals surface area contributed by atoms with Gasteiger partial charge in [-0.2, -0.15) is 4.31 Å². The Morgan fingerprint density at radius 2 is 1.79 bits per heavy atom. The van der Waals surface area contributed by atoms with E-state index < -0.39 is 10.0 Å². The summed E-state index contributed by atoms with van der Waals surface area (Å²) in [6.45, 7) is 2.48. The molecule has 2 aromatic rings. The monoisotopic (exact) mass is 416 g/mol. The van der Waals surface area contributed by atoms with Gasteiger partial charge in [-0.05, 0) is 62.2 Å². The van der Waals surface area contributed by atoms with Crippen molar-refractivity contribution in [2.75, 3.05) is 19.0 Å². The fourth-order valence-corrected chi connectivity index (χ4v) is 5.07. The lowest BCUT2D eigenvalue weighted by Gasteiger charge is -2.30. The molecule has 1 N–H and O–H groups in total. The van der Waals surface area contributed by atoms with Gasteiger partial charge in [0.05, 0.1) is 11.5 Å². The lowest BCUT2D eigenvalue weighted by Crippen LogP contribution is -2.38. The number of nitrogens with zero attached hydrogens (tertiary/aromatic N) is 1. The van der Waals surface area contributed by atoms with E-state index in [0.29, 0.717) is 17.9 Å². The second-order valence-corrected chi connectivity index (χ2v) is 9.25. The average molecular weight is 417 g/mol. The summed E-state index contributed by atoms with van der Waals surface area (Å²) in [5, 5.41) is 2.80. The Kier molecular flexibility index (Phi) is 6.92. The molecule has 29 heavy (non-hydrogen) atoms. The van der Waals surface area contributed by atoms with Gasteiger partial charge in [-0.15, -0.1) is 0 Å². The number of carbonyl (C=O) groups is 1. The highest BCUT2D eigenvalue weighted by Crippen LogP contribution is 2.27. The molecular formula is C22H28N2O4S. The molecule has 1 aliphatic rings. The maximum Gasteiger partial charge on any atom is 0.255 e. The quantitative estimate of drug-likeness (QED) is 0.730. The molecule has 1 amide bonds. The number of anilines is 1. The summed E-state index contributed by atoms with van der Waals surface area (Å²) in [7, 11) is -2.01. The summed E-state index contributed by atoms with van der Waals surface area (Å²) in [5.41, 5.74) is 0.919. The fraction of sp³-hybridized carbons (Fsp3) is 0.409. The van der Waals surface area contributed by atoms with Crippen molar-refractivity contribution in [2.45, 2.75) is 50.0 Å². The molecule has 1 fully saturated rings. The number of rotatable bonds is 7. The molecule has 0 radical (unpaired) electrons. The summed E-state index contributed by atoms with van der Waals surface area (Å²) >= 11 is 0. The molecule has 0 atom stereocenters. The van der Waals surface area contributed by atoms with Gasteiger partial charge in [0, 0.05) is 24.3 Å². The zero-order valence-electron chi connectivity index (χ0n) is 16.9. The van der Waals surface area contributed by atoms with E-state index >= 15 is 0 Å². The van der Waals surface area contributed by atoms with Gasteiger partial charge in [0.2, 0.25) is 10.0 Å². The molecular weight excluding hydrogens is 388 g/mol. The van der Waals surface area contributed by atoms with Gasteiger partial charge in [0.1, 0.15) is 5.75 Å². The van der Waals surface area contributed by atoms with Crippen molar-refractivity contribution in [1.29, 1.82) is 0 Å². The molecule has 0 heterocycles. The molecule has 0 spiro atoms. The Hall–Kier alpha value is -2.38. The third-order valence-electron chi connectivity index (χ3n) is 5.29. The minimum absolute atomic E-state index is 0.0232. The summed E-state index contributed by atoms with van der Waals surface area (Å²) in [5.74, 6) is 0.371. The van der Waals surface area contributed by atoms with Crippen molar-refractivity contribution in [3.05, 3.63) is 54.1 Å². The zero-order valence-corrected chi connectivity index (χ0v) is 17.7. The topological polar surface area (TPSA) is 75.7 Å². The van der Waals surface area contributed by atoms with Crippen LogP contribution in [0.15, 0.2) is 53.4 Å². The van der Waals surface area contributed by atoms with E-state index in [9.17, 15) is 13.2 Å². The van der Waals surface area contributed by atoms with Crippen LogP contribution in [0.1, 0.15) is 49.4 Å². The standard InChI is InChI=1S/C22H28N2O4S/c1-3-28-20-14-12-18(13-15-20)23-22(25)17-8-7-11-21(16-17)29(26,27)24(2)19-9-5-4-6-10-19/h7-8,11-16,19H,3-6,9-10H2,1-2H3,(H,23,25). The molecule has 1 aliphatic carbocycles. The van der Waals surface area contributed by atoms with E-state index in [1.807, 2.05) is 6.92 Å². The first-order chi connectivity index (χ1) is 13.9. The maximum atomic E-state index is 13.0. The van der Waals surface area contributed by atoms with Crippen molar-refractivity contribution in [1.82, 2.24) is 4.31 Å². The largest absolute Gasteiger partial charge is 0.494 e. The summed E-state index contributed by atoms with van der Waals surface area (Å²) in [4.78, 5) is 12.8. The van der Waals surface area contributed by atoms with Crippen LogP contribution in [0.2, 0.25) is 0 Å². The van der Waals surface area contributed by atoms with Crippen molar-refractivity contribution in [3.63, 3.8) is 0 Å². The van der Waals surface area contributed by atoms with Gasteiger partial charge < -0.3 is 10.1 Å². The molecule has 0 bridgehead atoms. The molecule has 6 nitrogen and oxygen atoms in total. The van der Waals surface area contributed by atoms with Crippen LogP contribution in [0.5, 0.6) is 5.75 Å². The third-order valence-corrected chi connectivity index (χ3v) is 7.19. The highest BCUT2D eigenvalue weighted by Gasteiger charge is 2.29. The number of hydrogen-bond acceptors (Lipinski definition) is 4. The number of amides is 1. The molecule has 0 unspecified atom stereocenters. The summed E-state index contributed by atoms with van der Waals surface area (Å²) < 4.78 is 32.9. The lowest BCUT2D eigenvalue weighted by molar-refractivity contribution is 0.102. The van der Waals surface area contributed by atoms with Gasteiger partial charge in [-0.3, -0.25) is 4.79 Å². The molecule has 0 aliphatic heterocycles. The van der Waals surface area contributed by atoms with Crippen molar-refractivity contribution < 1.29 is 17.9 Å². The molecule has 2 aromatic carbocycles. The number of hydrogen-bond donors (Lipinski definition) is 1. The number of nitrogens with one attached hydrogen (secondary N) is 1. The van der Waals surface area contributed by atoms with Gasteiger partial charge in [-0.1, -0.05) is 25.3 Å². The Bertz CT molecular complexity index is 936. The smallest absolute Gasteiger partial charge is 0.255 e. The number of ether oxygens (including phenoxy) is 1. The Labute approximate surface area is 172 Å². The van der Waals surface area contributed by atoms with Gasteiger partial charge in [0.25, 0.3) is 5.91 Å². The molecule has 0 saturated heterocycles. The molecule has 1 saturated carbocycles. The predicted molar refractivity (Wildman–Crippen MR) is 114 cm³/mol. The van der Waals surface area contributed by atoms with Crippen LogP contribution in [-0.2, 0) is 10.0 Å². The van der Waals surface area contributed by atoms with E-state index in [1.165, 1.54) is 10.4 Å². The van der Waals surface area contributed by atoms with E-state index in [2.05, 4.69) is 5.32 Å². The number of benzene rings is 2. The van der Waals surface area contributed by atoms with Crippen LogP contribution in [0.4, 0.5) is 5.69 Å². The third kappa shape index (κ3) is 5.16. The first-order valence-corrected chi connectivity index (χ1v) is 11.5. The van der Waals surface area contributed by atoms with Crippen molar-refractivity contribution >= 4 is 21.6 Å². The number of sulfonamides is 1. The second kappa shape index (κ2) is 9.41. The van der Waals surface area contributed by atoms with Crippen molar-refractivity contribution in [2.24, 2.45) is 0 Å². The minimum Gasteiger partial charge on any atom is -0.494 e. The van der Waals surface area contributed by atoms with Gasteiger partial charge >= 0.3 is 0 Å². The van der Waals surface area contributed by atoms with Crippen LogP contribution in [-0.4, -0.2) is 38.3 Å². The SMILES string of the molecule is CCOc1ccc(NC(=O)c2cccc(S(=O)(=O)N(C)C3CCCCC3)c2)cc1. The van der Waals surface area contributed by atoms with Crippen LogP contribution in [0.25, 0.3) is 0 Å². The average Bonchev–Trinajstić information content (AvgIpc) is 2.75. The van der Waals surface area contributed by atoms with Crippen LogP contribution < -0.4 is 10.1 Å². The van der Waals surface area contributed by atoms with Crippen LogP contribution >= 0.6 is 0 Å². The molecule has 7 heteroatoms. The highest BCUT2D eigenvalue weighted by atomic mass is 32.2.